The molecule has 0 unspecified atom stereocenters. The molecule has 0 radical (unpaired) electrons. The second kappa shape index (κ2) is 8.01. The maximum Gasteiger partial charge on any atom is 0.163 e. The summed E-state index contributed by atoms with van der Waals surface area (Å²) in [6, 6.07) is 9.09. The Morgan fingerprint density at radius 1 is 1.18 bits per heavy atom. The standard InChI is InChI=1S/C27H27F2N3O2/c1-15(14-33)11-22(34)16-8-10-30-23(12-16)27-9-7-18(26(27,2)3)17-13-21(31-32-25(17)27)24-19(28)5-4-6-20(24)29/h4-6,8,10,12-13,15,18,33H,7,9,11,14H2,1-3H3/t15-,18+,27+/m1/s1. The molecule has 0 amide bonds. The zero-order valence-electron chi connectivity index (χ0n) is 19.5. The van der Waals surface area contributed by atoms with Crippen molar-refractivity contribution in [2.24, 2.45) is 11.3 Å². The zero-order valence-corrected chi connectivity index (χ0v) is 19.5. The van der Waals surface area contributed by atoms with Crippen LogP contribution in [0.2, 0.25) is 0 Å². The first kappa shape index (κ1) is 22.7. The van der Waals surface area contributed by atoms with E-state index in [0.717, 1.165) is 29.8 Å². The number of carbonyl (C=O) groups is 1. The van der Waals surface area contributed by atoms with Crippen molar-refractivity contribution in [3.63, 3.8) is 0 Å². The first-order valence-electron chi connectivity index (χ1n) is 11.6. The number of aromatic nitrogens is 3. The number of fused-ring (bicyclic) bond motifs is 5. The molecule has 5 nitrogen and oxygen atoms in total. The molecule has 2 aliphatic rings. The normalized spacial score (nSPS) is 23.1. The largest absolute Gasteiger partial charge is 0.396 e. The molecule has 2 aliphatic carbocycles. The summed E-state index contributed by atoms with van der Waals surface area (Å²) in [5, 5.41) is 18.1. The van der Waals surface area contributed by atoms with E-state index in [1.165, 1.54) is 18.2 Å². The van der Waals surface area contributed by atoms with E-state index < -0.39 is 17.0 Å². The van der Waals surface area contributed by atoms with Crippen molar-refractivity contribution in [2.45, 2.75) is 51.4 Å². The highest BCUT2D eigenvalue weighted by atomic mass is 19.1. The predicted octanol–water partition coefficient (Wildman–Crippen LogP) is 5.22. The van der Waals surface area contributed by atoms with Gasteiger partial charge >= 0.3 is 0 Å². The van der Waals surface area contributed by atoms with Crippen LogP contribution in [-0.2, 0) is 5.41 Å². The van der Waals surface area contributed by atoms with E-state index in [2.05, 4.69) is 29.0 Å². The minimum Gasteiger partial charge on any atom is -0.396 e. The van der Waals surface area contributed by atoms with Gasteiger partial charge in [-0.1, -0.05) is 26.8 Å². The summed E-state index contributed by atoms with van der Waals surface area (Å²) >= 11 is 0. The summed E-state index contributed by atoms with van der Waals surface area (Å²) in [6.07, 6.45) is 3.59. The van der Waals surface area contributed by atoms with Crippen LogP contribution in [-0.4, -0.2) is 32.7 Å². The van der Waals surface area contributed by atoms with Crippen LogP contribution in [0.5, 0.6) is 0 Å². The van der Waals surface area contributed by atoms with Gasteiger partial charge in [0.15, 0.2) is 5.78 Å². The maximum absolute atomic E-state index is 14.4. The molecule has 1 aromatic carbocycles. The molecule has 1 saturated carbocycles. The minimum absolute atomic E-state index is 0.0383. The molecular formula is C27H27F2N3O2. The highest BCUT2D eigenvalue weighted by Gasteiger charge is 2.65. The van der Waals surface area contributed by atoms with Crippen molar-refractivity contribution in [1.82, 2.24) is 15.2 Å². The van der Waals surface area contributed by atoms with E-state index in [-0.39, 0.29) is 47.3 Å². The molecule has 34 heavy (non-hydrogen) atoms. The van der Waals surface area contributed by atoms with Crippen LogP contribution in [0, 0.1) is 23.0 Å². The fraction of sp³-hybridized carbons (Fsp3) is 0.407. The number of Topliss-reactive ketones (excluding diaryl/α,β-unsaturated/α-hetero) is 1. The third-order valence-corrected chi connectivity index (χ3v) is 7.97. The molecule has 5 rings (SSSR count). The Hall–Kier alpha value is -3.06. The van der Waals surface area contributed by atoms with Gasteiger partial charge in [0.1, 0.15) is 11.6 Å². The molecule has 3 atom stereocenters. The number of nitrogens with zero attached hydrogens (tertiary/aromatic N) is 3. The summed E-state index contributed by atoms with van der Waals surface area (Å²) in [6.45, 7) is 6.12. The topological polar surface area (TPSA) is 76.0 Å². The number of hydrogen-bond acceptors (Lipinski definition) is 5. The summed E-state index contributed by atoms with van der Waals surface area (Å²) in [4.78, 5) is 17.5. The number of aliphatic hydroxyl groups excluding tert-OH is 1. The van der Waals surface area contributed by atoms with Gasteiger partial charge in [-0.25, -0.2) is 8.78 Å². The number of rotatable bonds is 6. The number of benzene rings is 1. The molecule has 2 bridgehead atoms. The fourth-order valence-corrected chi connectivity index (χ4v) is 6.09. The summed E-state index contributed by atoms with van der Waals surface area (Å²) in [5.74, 6) is -1.37. The fourth-order valence-electron chi connectivity index (χ4n) is 6.09. The lowest BCUT2D eigenvalue weighted by molar-refractivity contribution is 0.0943. The van der Waals surface area contributed by atoms with Crippen molar-refractivity contribution in [1.29, 1.82) is 0 Å². The van der Waals surface area contributed by atoms with Gasteiger partial charge in [0.2, 0.25) is 0 Å². The molecule has 2 aromatic heterocycles. The second-order valence-electron chi connectivity index (χ2n) is 10.2. The lowest BCUT2D eigenvalue weighted by Gasteiger charge is -2.37. The van der Waals surface area contributed by atoms with E-state index in [0.29, 0.717) is 5.56 Å². The predicted molar refractivity (Wildman–Crippen MR) is 123 cm³/mol. The molecule has 7 heteroatoms. The molecule has 176 valence electrons. The third kappa shape index (κ3) is 3.13. The van der Waals surface area contributed by atoms with Gasteiger partial charge in [0.05, 0.1) is 28.1 Å². The third-order valence-electron chi connectivity index (χ3n) is 7.97. The van der Waals surface area contributed by atoms with E-state index in [1.807, 2.05) is 13.0 Å². The second-order valence-corrected chi connectivity index (χ2v) is 10.2. The van der Waals surface area contributed by atoms with Crippen LogP contribution in [0.15, 0.2) is 42.6 Å². The van der Waals surface area contributed by atoms with Crippen LogP contribution in [0.25, 0.3) is 11.3 Å². The average molecular weight is 464 g/mol. The Labute approximate surface area is 197 Å². The molecule has 1 fully saturated rings. The van der Waals surface area contributed by atoms with Gasteiger partial charge in [-0.2, -0.15) is 5.10 Å². The highest BCUT2D eigenvalue weighted by molar-refractivity contribution is 5.96. The molecule has 0 saturated heterocycles. The first-order chi connectivity index (χ1) is 16.2. The van der Waals surface area contributed by atoms with Crippen molar-refractivity contribution in [3.8, 4) is 11.3 Å². The Morgan fingerprint density at radius 2 is 1.91 bits per heavy atom. The lowest BCUT2D eigenvalue weighted by Crippen LogP contribution is -2.38. The number of ketones is 1. The zero-order chi connectivity index (χ0) is 24.3. The quantitative estimate of drug-likeness (QED) is 0.507. The number of aliphatic hydroxyl groups is 1. The smallest absolute Gasteiger partial charge is 0.163 e. The number of halogens is 2. The van der Waals surface area contributed by atoms with Crippen LogP contribution >= 0.6 is 0 Å². The lowest BCUT2D eigenvalue weighted by atomic mass is 9.66. The maximum atomic E-state index is 14.4. The molecular weight excluding hydrogens is 436 g/mol. The Morgan fingerprint density at radius 3 is 2.62 bits per heavy atom. The molecule has 2 heterocycles. The van der Waals surface area contributed by atoms with Gasteiger partial charge in [-0.05, 0) is 66.0 Å². The summed E-state index contributed by atoms with van der Waals surface area (Å²) < 4.78 is 28.9. The van der Waals surface area contributed by atoms with E-state index >= 15 is 0 Å². The summed E-state index contributed by atoms with van der Waals surface area (Å²) in [5.41, 5.74) is 2.23. The SMILES string of the molecule is C[C@@H](CO)CC(=O)c1ccnc([C@@]23CC[C@@H](c4cc(-c5c(F)cccc5F)nnc42)C3(C)C)c1. The van der Waals surface area contributed by atoms with E-state index in [1.54, 1.807) is 18.3 Å². The van der Waals surface area contributed by atoms with Gasteiger partial charge in [0.25, 0.3) is 0 Å². The average Bonchev–Trinajstić information content (AvgIpc) is 3.20. The monoisotopic (exact) mass is 463 g/mol. The van der Waals surface area contributed by atoms with Crippen LogP contribution in [0.3, 0.4) is 0 Å². The molecule has 0 aliphatic heterocycles. The van der Waals surface area contributed by atoms with Crippen molar-refractivity contribution >= 4 is 5.78 Å². The Kier molecular flexibility index (Phi) is 5.35. The van der Waals surface area contributed by atoms with Crippen molar-refractivity contribution in [2.75, 3.05) is 6.61 Å². The Bertz CT molecular complexity index is 1270. The van der Waals surface area contributed by atoms with Crippen molar-refractivity contribution in [3.05, 3.63) is 76.7 Å². The van der Waals surface area contributed by atoms with Crippen LogP contribution < -0.4 is 0 Å². The number of hydrogen-bond donors (Lipinski definition) is 1. The van der Waals surface area contributed by atoms with Crippen molar-refractivity contribution < 1.29 is 18.7 Å². The van der Waals surface area contributed by atoms with Gasteiger partial charge in [-0.15, -0.1) is 5.10 Å². The molecule has 0 spiro atoms. The van der Waals surface area contributed by atoms with Gasteiger partial charge in [-0.3, -0.25) is 9.78 Å². The van der Waals surface area contributed by atoms with Crippen LogP contribution in [0.1, 0.15) is 73.3 Å². The number of carbonyl (C=O) groups excluding carboxylic acids is 1. The Balaban J connectivity index is 1.62. The highest BCUT2D eigenvalue weighted by Crippen LogP contribution is 2.69. The van der Waals surface area contributed by atoms with Gasteiger partial charge < -0.3 is 5.11 Å². The van der Waals surface area contributed by atoms with Crippen LogP contribution in [0.4, 0.5) is 8.78 Å². The summed E-state index contributed by atoms with van der Waals surface area (Å²) in [7, 11) is 0. The number of pyridine rings is 1. The van der Waals surface area contributed by atoms with E-state index in [9.17, 15) is 18.7 Å². The van der Waals surface area contributed by atoms with E-state index in [4.69, 9.17) is 0 Å². The van der Waals surface area contributed by atoms with Gasteiger partial charge in [0, 0.05) is 24.8 Å². The minimum atomic E-state index is -0.670. The molecule has 3 aromatic rings. The first-order valence-corrected chi connectivity index (χ1v) is 11.6. The molecule has 1 N–H and O–H groups in total.